The first kappa shape index (κ1) is 13.9. The van der Waals surface area contributed by atoms with E-state index < -0.39 is 0 Å². The van der Waals surface area contributed by atoms with E-state index in [1.165, 1.54) is 0 Å². The lowest BCUT2D eigenvalue weighted by Crippen LogP contribution is -2.22. The van der Waals surface area contributed by atoms with Crippen LogP contribution in [-0.2, 0) is 6.54 Å². The fourth-order valence-corrected chi connectivity index (χ4v) is 1.61. The van der Waals surface area contributed by atoms with Gasteiger partial charge in [0.2, 0.25) is 0 Å². The SMILES string of the molecule is CCNc1cccc(CN(C)CCC(C)O)n1. The van der Waals surface area contributed by atoms with Crippen molar-refractivity contribution in [2.45, 2.75) is 32.9 Å². The summed E-state index contributed by atoms with van der Waals surface area (Å²) in [6, 6.07) is 6.02. The monoisotopic (exact) mass is 237 g/mol. The molecule has 0 spiro atoms. The maximum absolute atomic E-state index is 9.23. The van der Waals surface area contributed by atoms with Crippen LogP contribution in [0.5, 0.6) is 0 Å². The zero-order valence-electron chi connectivity index (χ0n) is 11.0. The van der Waals surface area contributed by atoms with Crippen LogP contribution in [0.1, 0.15) is 26.0 Å². The zero-order chi connectivity index (χ0) is 12.7. The van der Waals surface area contributed by atoms with E-state index in [2.05, 4.69) is 22.1 Å². The van der Waals surface area contributed by atoms with Gasteiger partial charge in [-0.1, -0.05) is 6.07 Å². The molecular formula is C13H23N3O. The number of hydrogen-bond acceptors (Lipinski definition) is 4. The molecule has 0 saturated heterocycles. The van der Waals surface area contributed by atoms with Crippen LogP contribution in [0, 0.1) is 0 Å². The van der Waals surface area contributed by atoms with Crippen molar-refractivity contribution in [1.82, 2.24) is 9.88 Å². The topological polar surface area (TPSA) is 48.4 Å². The summed E-state index contributed by atoms with van der Waals surface area (Å²) in [7, 11) is 2.05. The molecule has 2 N–H and O–H groups in total. The maximum atomic E-state index is 9.23. The highest BCUT2D eigenvalue weighted by molar-refractivity contribution is 5.34. The Morgan fingerprint density at radius 1 is 1.47 bits per heavy atom. The third kappa shape index (κ3) is 5.65. The second-order valence-corrected chi connectivity index (χ2v) is 4.42. The molecule has 1 aromatic heterocycles. The van der Waals surface area contributed by atoms with Gasteiger partial charge in [0.15, 0.2) is 0 Å². The van der Waals surface area contributed by atoms with E-state index in [0.717, 1.165) is 37.6 Å². The molecule has 0 fully saturated rings. The second kappa shape index (κ2) is 7.25. The normalized spacial score (nSPS) is 12.8. The standard InChI is InChI=1S/C13H23N3O/c1-4-14-13-7-5-6-12(15-13)10-16(3)9-8-11(2)17/h5-7,11,17H,4,8-10H2,1-3H3,(H,14,15). The van der Waals surface area contributed by atoms with Crippen LogP contribution in [0.25, 0.3) is 0 Å². The highest BCUT2D eigenvalue weighted by Gasteiger charge is 2.04. The van der Waals surface area contributed by atoms with Gasteiger partial charge in [-0.3, -0.25) is 0 Å². The summed E-state index contributed by atoms with van der Waals surface area (Å²) in [4.78, 5) is 6.69. The predicted octanol–water partition coefficient (Wildman–Crippen LogP) is 1.72. The molecule has 0 radical (unpaired) electrons. The number of aromatic nitrogens is 1. The zero-order valence-corrected chi connectivity index (χ0v) is 11.0. The molecular weight excluding hydrogens is 214 g/mol. The number of hydrogen-bond donors (Lipinski definition) is 2. The molecule has 1 aromatic rings. The van der Waals surface area contributed by atoms with Crippen LogP contribution >= 0.6 is 0 Å². The molecule has 0 bridgehead atoms. The average molecular weight is 237 g/mol. The number of pyridine rings is 1. The minimum Gasteiger partial charge on any atom is -0.393 e. The van der Waals surface area contributed by atoms with Gasteiger partial charge >= 0.3 is 0 Å². The van der Waals surface area contributed by atoms with Gasteiger partial charge in [0.25, 0.3) is 0 Å². The van der Waals surface area contributed by atoms with E-state index in [0.29, 0.717) is 0 Å². The molecule has 0 amide bonds. The third-order valence-electron chi connectivity index (χ3n) is 2.53. The van der Waals surface area contributed by atoms with Crippen molar-refractivity contribution >= 4 is 5.82 Å². The van der Waals surface area contributed by atoms with Crippen LogP contribution < -0.4 is 5.32 Å². The first-order chi connectivity index (χ1) is 8.11. The Balaban J connectivity index is 2.46. The van der Waals surface area contributed by atoms with Crippen molar-refractivity contribution in [2.24, 2.45) is 0 Å². The Bertz CT molecular complexity index is 328. The lowest BCUT2D eigenvalue weighted by molar-refractivity contribution is 0.162. The fraction of sp³-hybridized carbons (Fsp3) is 0.615. The lowest BCUT2D eigenvalue weighted by Gasteiger charge is -2.17. The van der Waals surface area contributed by atoms with Gasteiger partial charge in [-0.25, -0.2) is 4.98 Å². The highest BCUT2D eigenvalue weighted by Crippen LogP contribution is 2.07. The minimum atomic E-state index is -0.237. The third-order valence-corrected chi connectivity index (χ3v) is 2.53. The van der Waals surface area contributed by atoms with Gasteiger partial charge in [-0.2, -0.15) is 0 Å². The number of nitrogens with zero attached hydrogens (tertiary/aromatic N) is 2. The second-order valence-electron chi connectivity index (χ2n) is 4.42. The molecule has 4 nitrogen and oxygen atoms in total. The Morgan fingerprint density at radius 2 is 2.24 bits per heavy atom. The molecule has 0 aliphatic rings. The number of nitrogens with one attached hydrogen (secondary N) is 1. The molecule has 0 aromatic carbocycles. The molecule has 1 rings (SSSR count). The number of anilines is 1. The molecule has 0 saturated carbocycles. The van der Waals surface area contributed by atoms with E-state index in [9.17, 15) is 5.11 Å². The van der Waals surface area contributed by atoms with E-state index in [1.807, 2.05) is 32.2 Å². The predicted molar refractivity (Wildman–Crippen MR) is 71.0 cm³/mol. The summed E-state index contributed by atoms with van der Waals surface area (Å²) in [6.07, 6.45) is 0.558. The fourth-order valence-electron chi connectivity index (χ4n) is 1.61. The van der Waals surface area contributed by atoms with Crippen molar-refractivity contribution in [3.63, 3.8) is 0 Å². The Morgan fingerprint density at radius 3 is 2.88 bits per heavy atom. The lowest BCUT2D eigenvalue weighted by atomic mass is 10.2. The highest BCUT2D eigenvalue weighted by atomic mass is 16.3. The average Bonchev–Trinajstić information content (AvgIpc) is 2.27. The van der Waals surface area contributed by atoms with Gasteiger partial charge < -0.3 is 15.3 Å². The first-order valence-electron chi connectivity index (χ1n) is 6.18. The van der Waals surface area contributed by atoms with Gasteiger partial charge in [0.1, 0.15) is 5.82 Å². The Labute approximate surface area is 104 Å². The summed E-state index contributed by atoms with van der Waals surface area (Å²) in [5.74, 6) is 0.925. The smallest absolute Gasteiger partial charge is 0.126 e. The number of rotatable bonds is 7. The summed E-state index contributed by atoms with van der Waals surface area (Å²) in [6.45, 7) is 6.45. The van der Waals surface area contributed by atoms with Crippen molar-refractivity contribution in [3.05, 3.63) is 23.9 Å². The Hall–Kier alpha value is -1.13. The van der Waals surface area contributed by atoms with Crippen LogP contribution in [0.4, 0.5) is 5.82 Å². The summed E-state index contributed by atoms with van der Waals surface area (Å²) in [5, 5.41) is 12.4. The van der Waals surface area contributed by atoms with Crippen molar-refractivity contribution in [1.29, 1.82) is 0 Å². The summed E-state index contributed by atoms with van der Waals surface area (Å²) in [5.41, 5.74) is 1.05. The first-order valence-corrected chi connectivity index (χ1v) is 6.18. The largest absolute Gasteiger partial charge is 0.393 e. The number of aliphatic hydroxyl groups is 1. The van der Waals surface area contributed by atoms with Crippen molar-refractivity contribution in [2.75, 3.05) is 25.5 Å². The van der Waals surface area contributed by atoms with Gasteiger partial charge in [0, 0.05) is 19.6 Å². The van der Waals surface area contributed by atoms with Gasteiger partial charge in [0.05, 0.1) is 11.8 Å². The van der Waals surface area contributed by atoms with E-state index >= 15 is 0 Å². The molecule has 1 unspecified atom stereocenters. The van der Waals surface area contributed by atoms with Crippen LogP contribution in [0.15, 0.2) is 18.2 Å². The Kier molecular flexibility index (Phi) is 5.94. The van der Waals surface area contributed by atoms with E-state index in [1.54, 1.807) is 0 Å². The van der Waals surface area contributed by atoms with Crippen molar-refractivity contribution in [3.8, 4) is 0 Å². The van der Waals surface area contributed by atoms with E-state index in [-0.39, 0.29) is 6.10 Å². The summed E-state index contributed by atoms with van der Waals surface area (Å²) < 4.78 is 0. The van der Waals surface area contributed by atoms with E-state index in [4.69, 9.17) is 0 Å². The van der Waals surface area contributed by atoms with Gasteiger partial charge in [-0.15, -0.1) is 0 Å². The molecule has 0 aliphatic heterocycles. The molecule has 0 aliphatic carbocycles. The van der Waals surface area contributed by atoms with Crippen LogP contribution in [-0.4, -0.2) is 41.2 Å². The molecule has 4 heteroatoms. The molecule has 17 heavy (non-hydrogen) atoms. The molecule has 1 atom stereocenters. The van der Waals surface area contributed by atoms with Crippen LogP contribution in [0.2, 0.25) is 0 Å². The molecule has 1 heterocycles. The summed E-state index contributed by atoms with van der Waals surface area (Å²) >= 11 is 0. The maximum Gasteiger partial charge on any atom is 0.126 e. The van der Waals surface area contributed by atoms with Gasteiger partial charge in [-0.05, 0) is 39.4 Å². The number of aliphatic hydroxyl groups excluding tert-OH is 1. The minimum absolute atomic E-state index is 0.237. The van der Waals surface area contributed by atoms with Crippen molar-refractivity contribution < 1.29 is 5.11 Å². The quantitative estimate of drug-likeness (QED) is 0.758. The van der Waals surface area contributed by atoms with Crippen LogP contribution in [0.3, 0.4) is 0 Å². The molecule has 96 valence electrons.